The summed E-state index contributed by atoms with van der Waals surface area (Å²) in [4.78, 5) is 0.150. The Morgan fingerprint density at radius 1 is 0.920 bits per heavy atom. The van der Waals surface area contributed by atoms with E-state index in [1.807, 2.05) is 12.1 Å². The van der Waals surface area contributed by atoms with Crippen LogP contribution in [0.1, 0.15) is 32.8 Å². The Kier molecular flexibility index (Phi) is 4.64. The van der Waals surface area contributed by atoms with E-state index in [4.69, 9.17) is 9.47 Å². The first-order chi connectivity index (χ1) is 11.8. The Morgan fingerprint density at radius 3 is 2.20 bits per heavy atom. The average Bonchev–Trinajstić information content (AvgIpc) is 2.78. The topological polar surface area (TPSA) is 64.6 Å². The van der Waals surface area contributed by atoms with Crippen LogP contribution in [0.15, 0.2) is 47.4 Å². The molecule has 134 valence electrons. The van der Waals surface area contributed by atoms with E-state index in [-0.39, 0.29) is 10.3 Å². The molecular weight excluding hydrogens is 338 g/mol. The number of ether oxygens (including phenoxy) is 2. The molecule has 2 aromatic carbocycles. The smallest absolute Gasteiger partial charge is 0.262 e. The van der Waals surface area contributed by atoms with Crippen molar-refractivity contribution >= 4 is 15.7 Å². The molecule has 0 saturated carbocycles. The summed E-state index contributed by atoms with van der Waals surface area (Å²) in [7, 11) is -3.69. The van der Waals surface area contributed by atoms with Gasteiger partial charge in [0.15, 0.2) is 11.5 Å². The fraction of sp³-hybridized carbons (Fsp3) is 0.368. The van der Waals surface area contributed by atoms with Crippen LogP contribution in [-0.2, 0) is 15.4 Å². The zero-order valence-electron chi connectivity index (χ0n) is 14.7. The van der Waals surface area contributed by atoms with Crippen LogP contribution < -0.4 is 14.2 Å². The molecule has 25 heavy (non-hydrogen) atoms. The fourth-order valence-corrected chi connectivity index (χ4v) is 3.64. The molecule has 1 aliphatic rings. The van der Waals surface area contributed by atoms with Crippen molar-refractivity contribution in [2.24, 2.45) is 0 Å². The minimum absolute atomic E-state index is 0.0196. The lowest BCUT2D eigenvalue weighted by Gasteiger charge is -2.19. The van der Waals surface area contributed by atoms with Crippen molar-refractivity contribution in [3.8, 4) is 11.5 Å². The molecule has 0 aliphatic carbocycles. The Morgan fingerprint density at radius 2 is 1.56 bits per heavy atom. The molecule has 6 heteroatoms. The summed E-state index contributed by atoms with van der Waals surface area (Å²) < 4.78 is 39.0. The van der Waals surface area contributed by atoms with E-state index < -0.39 is 10.0 Å². The van der Waals surface area contributed by atoms with Gasteiger partial charge in [0.05, 0.1) is 18.1 Å². The molecular formula is C19H23NO4S. The van der Waals surface area contributed by atoms with Gasteiger partial charge < -0.3 is 9.47 Å². The summed E-state index contributed by atoms with van der Waals surface area (Å²) in [6, 6.07) is 12.1. The summed E-state index contributed by atoms with van der Waals surface area (Å²) in [5, 5.41) is 0. The quantitative estimate of drug-likeness (QED) is 0.899. The largest absolute Gasteiger partial charge is 0.490 e. The van der Waals surface area contributed by atoms with Crippen LogP contribution in [0.25, 0.3) is 0 Å². The van der Waals surface area contributed by atoms with E-state index in [2.05, 4.69) is 25.5 Å². The van der Waals surface area contributed by atoms with Crippen LogP contribution in [0.3, 0.4) is 0 Å². The highest BCUT2D eigenvalue weighted by Crippen LogP contribution is 2.32. The minimum Gasteiger partial charge on any atom is -0.490 e. The summed E-state index contributed by atoms with van der Waals surface area (Å²) in [6.07, 6.45) is 0.773. The number of nitrogens with one attached hydrogen (secondary N) is 1. The molecule has 1 aliphatic heterocycles. The highest BCUT2D eigenvalue weighted by molar-refractivity contribution is 7.92. The lowest BCUT2D eigenvalue weighted by molar-refractivity contribution is 0.297. The predicted molar refractivity (Wildman–Crippen MR) is 98.0 cm³/mol. The second kappa shape index (κ2) is 6.59. The van der Waals surface area contributed by atoms with E-state index in [1.54, 1.807) is 18.2 Å². The monoisotopic (exact) mass is 361 g/mol. The van der Waals surface area contributed by atoms with Crippen molar-refractivity contribution in [1.82, 2.24) is 0 Å². The van der Waals surface area contributed by atoms with Gasteiger partial charge in [-0.15, -0.1) is 0 Å². The Balaban J connectivity index is 1.83. The molecule has 5 nitrogen and oxygen atoms in total. The normalized spacial score (nSPS) is 14.7. The van der Waals surface area contributed by atoms with Gasteiger partial charge in [-0.3, -0.25) is 4.72 Å². The summed E-state index contributed by atoms with van der Waals surface area (Å²) >= 11 is 0. The number of hydrogen-bond donors (Lipinski definition) is 1. The second-order valence-corrected chi connectivity index (χ2v) is 8.77. The maximum atomic E-state index is 12.6. The van der Waals surface area contributed by atoms with Gasteiger partial charge in [-0.2, -0.15) is 0 Å². The average molecular weight is 361 g/mol. The van der Waals surface area contributed by atoms with Gasteiger partial charge in [0.1, 0.15) is 0 Å². The second-order valence-electron chi connectivity index (χ2n) is 7.09. The van der Waals surface area contributed by atoms with E-state index in [9.17, 15) is 8.42 Å². The van der Waals surface area contributed by atoms with Gasteiger partial charge in [0, 0.05) is 18.2 Å². The molecule has 0 atom stereocenters. The Labute approximate surface area is 149 Å². The van der Waals surface area contributed by atoms with Crippen LogP contribution in [-0.4, -0.2) is 21.6 Å². The Bertz CT molecular complexity index is 852. The van der Waals surface area contributed by atoms with Crippen molar-refractivity contribution in [2.75, 3.05) is 17.9 Å². The molecule has 0 radical (unpaired) electrons. The van der Waals surface area contributed by atoms with Crippen LogP contribution in [0.2, 0.25) is 0 Å². The highest BCUT2D eigenvalue weighted by atomic mass is 32.2. The number of benzene rings is 2. The summed E-state index contributed by atoms with van der Waals surface area (Å²) in [6.45, 7) is 7.42. The molecule has 3 rings (SSSR count). The first-order valence-electron chi connectivity index (χ1n) is 8.29. The summed E-state index contributed by atoms with van der Waals surface area (Å²) in [5.74, 6) is 1.04. The van der Waals surface area contributed by atoms with Crippen molar-refractivity contribution in [3.05, 3.63) is 48.0 Å². The number of rotatable bonds is 3. The fourth-order valence-electron chi connectivity index (χ4n) is 2.56. The third-order valence-electron chi connectivity index (χ3n) is 4.03. The van der Waals surface area contributed by atoms with Crippen LogP contribution in [0.5, 0.6) is 11.5 Å². The highest BCUT2D eigenvalue weighted by Gasteiger charge is 2.19. The zero-order valence-corrected chi connectivity index (χ0v) is 15.5. The molecule has 0 aromatic heterocycles. The molecule has 1 heterocycles. The van der Waals surface area contributed by atoms with E-state index in [0.29, 0.717) is 30.4 Å². The van der Waals surface area contributed by atoms with Crippen LogP contribution in [0.4, 0.5) is 5.69 Å². The van der Waals surface area contributed by atoms with Crippen molar-refractivity contribution in [3.63, 3.8) is 0 Å². The molecule has 0 spiro atoms. The minimum atomic E-state index is -3.69. The van der Waals surface area contributed by atoms with Crippen LogP contribution in [0, 0.1) is 0 Å². The lowest BCUT2D eigenvalue weighted by atomic mass is 9.87. The molecule has 0 fully saturated rings. The third-order valence-corrected chi connectivity index (χ3v) is 5.41. The molecule has 0 amide bonds. The zero-order chi connectivity index (χ0) is 18.1. The van der Waals surface area contributed by atoms with Crippen molar-refractivity contribution in [1.29, 1.82) is 0 Å². The molecule has 0 bridgehead atoms. The number of hydrogen-bond acceptors (Lipinski definition) is 4. The third kappa shape index (κ3) is 4.07. The van der Waals surface area contributed by atoms with Gasteiger partial charge in [-0.1, -0.05) is 32.9 Å². The van der Waals surface area contributed by atoms with Crippen LogP contribution >= 0.6 is 0 Å². The van der Waals surface area contributed by atoms with Gasteiger partial charge in [0.25, 0.3) is 10.0 Å². The van der Waals surface area contributed by atoms with Gasteiger partial charge in [-0.25, -0.2) is 8.42 Å². The summed E-state index contributed by atoms with van der Waals surface area (Å²) in [5.41, 5.74) is 1.69. The van der Waals surface area contributed by atoms with Gasteiger partial charge >= 0.3 is 0 Å². The van der Waals surface area contributed by atoms with Gasteiger partial charge in [0.2, 0.25) is 0 Å². The van der Waals surface area contributed by atoms with Gasteiger partial charge in [-0.05, 0) is 35.2 Å². The maximum absolute atomic E-state index is 12.6. The SMILES string of the molecule is CC(C)(C)c1ccc(NS(=O)(=O)c2ccc3c(c2)OCCCO3)cc1. The molecule has 1 N–H and O–H groups in total. The Hall–Kier alpha value is -2.21. The number of anilines is 1. The van der Waals surface area contributed by atoms with E-state index >= 15 is 0 Å². The predicted octanol–water partition coefficient (Wildman–Crippen LogP) is 3.95. The first-order valence-corrected chi connectivity index (χ1v) is 9.77. The number of fused-ring (bicyclic) bond motifs is 1. The standard InChI is InChI=1S/C19H23NO4S/c1-19(2,3)14-5-7-15(8-6-14)20-25(21,22)16-9-10-17-18(13-16)24-12-4-11-23-17/h5-10,13,20H,4,11-12H2,1-3H3. The first kappa shape index (κ1) is 17.6. The van der Waals surface area contributed by atoms with E-state index in [1.165, 1.54) is 12.1 Å². The van der Waals surface area contributed by atoms with Crippen molar-refractivity contribution in [2.45, 2.75) is 37.5 Å². The number of sulfonamides is 1. The molecule has 0 unspecified atom stereocenters. The maximum Gasteiger partial charge on any atom is 0.262 e. The van der Waals surface area contributed by atoms with E-state index in [0.717, 1.165) is 12.0 Å². The molecule has 0 saturated heterocycles. The molecule has 2 aromatic rings. The lowest BCUT2D eigenvalue weighted by Crippen LogP contribution is -2.14. The van der Waals surface area contributed by atoms with Crippen molar-refractivity contribution < 1.29 is 17.9 Å².